The fourth-order valence-electron chi connectivity index (χ4n) is 3.40. The number of imide groups is 1. The number of carbonyl (C=O) groups is 3. The molecule has 4 rings (SSSR count). The lowest BCUT2D eigenvalue weighted by molar-refractivity contribution is -0.125. The molecule has 152 valence electrons. The molecule has 2 heterocycles. The predicted octanol–water partition coefficient (Wildman–Crippen LogP) is 3.94. The number of rotatable bonds is 5. The van der Waals surface area contributed by atoms with Crippen molar-refractivity contribution >= 4 is 34.5 Å². The molecule has 0 bridgehead atoms. The molecular formula is C22H20N4O3S. The third kappa shape index (κ3) is 3.86. The summed E-state index contributed by atoms with van der Waals surface area (Å²) in [6, 6.07) is 16.8. The van der Waals surface area contributed by atoms with Gasteiger partial charge in [-0.3, -0.25) is 19.3 Å². The van der Waals surface area contributed by atoms with E-state index >= 15 is 0 Å². The van der Waals surface area contributed by atoms with E-state index in [1.807, 2.05) is 44.2 Å². The number of thioether (sulfide) groups is 1. The van der Waals surface area contributed by atoms with Gasteiger partial charge in [-0.1, -0.05) is 42.1 Å². The quantitative estimate of drug-likeness (QED) is 0.676. The minimum Gasteiger partial charge on any atom is -0.322 e. The normalized spacial score (nSPS) is 13.7. The molecular weight excluding hydrogens is 400 g/mol. The van der Waals surface area contributed by atoms with Gasteiger partial charge in [0.05, 0.1) is 34.9 Å². The summed E-state index contributed by atoms with van der Waals surface area (Å²) in [4.78, 5) is 37.6. The topological polar surface area (TPSA) is 84.3 Å². The van der Waals surface area contributed by atoms with Crippen molar-refractivity contribution < 1.29 is 14.4 Å². The molecule has 0 radical (unpaired) electrons. The number of hydrogen-bond acceptors (Lipinski definition) is 5. The molecule has 2 aromatic carbocycles. The van der Waals surface area contributed by atoms with Crippen LogP contribution in [0.4, 0.5) is 10.5 Å². The Balaban J connectivity index is 1.49. The number of hydrogen-bond donors (Lipinski definition) is 1. The van der Waals surface area contributed by atoms with Gasteiger partial charge in [-0.15, -0.1) is 0 Å². The van der Waals surface area contributed by atoms with Crippen molar-refractivity contribution in [3.8, 4) is 5.69 Å². The van der Waals surface area contributed by atoms with E-state index in [-0.39, 0.29) is 29.4 Å². The molecule has 30 heavy (non-hydrogen) atoms. The number of para-hydroxylation sites is 1. The molecule has 3 aromatic rings. The van der Waals surface area contributed by atoms with Gasteiger partial charge >= 0.3 is 0 Å². The SMILES string of the molecule is Cc1nn(-c2ccccc2)c(C)c1C(=O)Nc1ccc(CN2C(=O)CSC2=O)cc1. The Kier molecular flexibility index (Phi) is 5.41. The van der Waals surface area contributed by atoms with Crippen molar-refractivity contribution in [3.05, 3.63) is 77.1 Å². The molecule has 0 saturated carbocycles. The number of amides is 3. The highest BCUT2D eigenvalue weighted by Crippen LogP contribution is 2.23. The molecule has 1 fully saturated rings. The summed E-state index contributed by atoms with van der Waals surface area (Å²) in [7, 11) is 0. The van der Waals surface area contributed by atoms with Crippen LogP contribution in [0.2, 0.25) is 0 Å². The molecule has 3 amide bonds. The number of aryl methyl sites for hydroxylation is 1. The van der Waals surface area contributed by atoms with E-state index < -0.39 is 0 Å². The van der Waals surface area contributed by atoms with E-state index in [9.17, 15) is 14.4 Å². The summed E-state index contributed by atoms with van der Waals surface area (Å²) in [6.45, 7) is 3.92. The summed E-state index contributed by atoms with van der Waals surface area (Å²) in [5, 5.41) is 7.19. The standard InChI is InChI=1S/C22H20N4O3S/c1-14-20(15(2)26(24-14)18-6-4-3-5-7-18)21(28)23-17-10-8-16(9-11-17)12-25-19(27)13-30-22(25)29/h3-11H,12-13H2,1-2H3,(H,23,28). The average Bonchev–Trinajstić information content (AvgIpc) is 3.22. The van der Waals surface area contributed by atoms with Crippen LogP contribution in [0.1, 0.15) is 27.3 Å². The Labute approximate surface area is 178 Å². The third-order valence-electron chi connectivity index (χ3n) is 4.91. The lowest BCUT2D eigenvalue weighted by atomic mass is 10.1. The first-order valence-corrected chi connectivity index (χ1v) is 10.4. The van der Waals surface area contributed by atoms with E-state index in [0.717, 1.165) is 28.7 Å². The average molecular weight is 420 g/mol. The zero-order chi connectivity index (χ0) is 21.3. The van der Waals surface area contributed by atoms with Crippen molar-refractivity contribution in [2.45, 2.75) is 20.4 Å². The maximum atomic E-state index is 12.9. The fraction of sp³-hybridized carbons (Fsp3) is 0.182. The molecule has 1 aromatic heterocycles. The lowest BCUT2D eigenvalue weighted by Gasteiger charge is -2.13. The van der Waals surface area contributed by atoms with Crippen LogP contribution in [0.5, 0.6) is 0 Å². The van der Waals surface area contributed by atoms with Gasteiger partial charge in [0.15, 0.2) is 0 Å². The second-order valence-corrected chi connectivity index (χ2v) is 7.91. The Morgan fingerprint density at radius 2 is 1.77 bits per heavy atom. The van der Waals surface area contributed by atoms with E-state index in [1.165, 1.54) is 4.90 Å². The minimum absolute atomic E-state index is 0.177. The molecule has 0 aliphatic carbocycles. The van der Waals surface area contributed by atoms with Crippen molar-refractivity contribution in [3.63, 3.8) is 0 Å². The van der Waals surface area contributed by atoms with Crippen LogP contribution in [0.15, 0.2) is 54.6 Å². The largest absolute Gasteiger partial charge is 0.322 e. The molecule has 0 unspecified atom stereocenters. The Morgan fingerprint density at radius 1 is 1.07 bits per heavy atom. The Morgan fingerprint density at radius 3 is 2.40 bits per heavy atom. The van der Waals surface area contributed by atoms with Crippen LogP contribution in [-0.2, 0) is 11.3 Å². The van der Waals surface area contributed by atoms with Gasteiger partial charge in [0.1, 0.15) is 0 Å². The maximum Gasteiger partial charge on any atom is 0.289 e. The van der Waals surface area contributed by atoms with Gasteiger partial charge in [-0.25, -0.2) is 4.68 Å². The van der Waals surface area contributed by atoms with Crippen molar-refractivity contribution in [1.82, 2.24) is 14.7 Å². The van der Waals surface area contributed by atoms with Gasteiger partial charge in [0, 0.05) is 5.69 Å². The van der Waals surface area contributed by atoms with Crippen LogP contribution in [0.25, 0.3) is 5.69 Å². The Hall–Kier alpha value is -3.39. The van der Waals surface area contributed by atoms with Crippen LogP contribution < -0.4 is 5.32 Å². The summed E-state index contributed by atoms with van der Waals surface area (Å²) in [6.07, 6.45) is 0. The van der Waals surface area contributed by atoms with Crippen LogP contribution in [-0.4, -0.2) is 37.5 Å². The highest BCUT2D eigenvalue weighted by Gasteiger charge is 2.29. The van der Waals surface area contributed by atoms with Gasteiger partial charge < -0.3 is 5.32 Å². The number of aromatic nitrogens is 2. The van der Waals surface area contributed by atoms with E-state index in [2.05, 4.69) is 10.4 Å². The highest BCUT2D eigenvalue weighted by atomic mass is 32.2. The number of carbonyl (C=O) groups excluding carboxylic acids is 3. The van der Waals surface area contributed by atoms with Crippen molar-refractivity contribution in [1.29, 1.82) is 0 Å². The number of nitrogens with one attached hydrogen (secondary N) is 1. The van der Waals surface area contributed by atoms with E-state index in [4.69, 9.17) is 0 Å². The zero-order valence-electron chi connectivity index (χ0n) is 16.6. The zero-order valence-corrected chi connectivity index (χ0v) is 17.4. The monoisotopic (exact) mass is 420 g/mol. The summed E-state index contributed by atoms with van der Waals surface area (Å²) < 4.78 is 1.76. The Bertz CT molecular complexity index is 1110. The molecule has 1 saturated heterocycles. The third-order valence-corrected chi connectivity index (χ3v) is 5.77. The van der Waals surface area contributed by atoms with Crippen LogP contribution in [0.3, 0.4) is 0 Å². The van der Waals surface area contributed by atoms with Gasteiger partial charge in [0.2, 0.25) is 5.91 Å². The smallest absolute Gasteiger partial charge is 0.289 e. The van der Waals surface area contributed by atoms with Gasteiger partial charge in [-0.05, 0) is 43.7 Å². The molecule has 1 aliphatic heterocycles. The highest BCUT2D eigenvalue weighted by molar-refractivity contribution is 8.14. The predicted molar refractivity (Wildman–Crippen MR) is 116 cm³/mol. The van der Waals surface area contributed by atoms with E-state index in [0.29, 0.717) is 16.9 Å². The van der Waals surface area contributed by atoms with Crippen molar-refractivity contribution in [2.75, 3.05) is 11.1 Å². The maximum absolute atomic E-state index is 12.9. The minimum atomic E-state index is -0.235. The summed E-state index contributed by atoms with van der Waals surface area (Å²) in [5.74, 6) is -0.215. The first kappa shape index (κ1) is 19.9. The number of nitrogens with zero attached hydrogens (tertiary/aromatic N) is 3. The first-order valence-electron chi connectivity index (χ1n) is 9.43. The second-order valence-electron chi connectivity index (χ2n) is 6.98. The molecule has 0 spiro atoms. The fourth-order valence-corrected chi connectivity index (χ4v) is 4.12. The summed E-state index contributed by atoms with van der Waals surface area (Å²) >= 11 is 1.02. The molecule has 0 atom stereocenters. The molecule has 1 N–H and O–H groups in total. The van der Waals surface area contributed by atoms with Crippen molar-refractivity contribution in [2.24, 2.45) is 0 Å². The van der Waals surface area contributed by atoms with Gasteiger partial charge in [-0.2, -0.15) is 5.10 Å². The molecule has 7 nitrogen and oxygen atoms in total. The number of anilines is 1. The molecule has 1 aliphatic rings. The summed E-state index contributed by atoms with van der Waals surface area (Å²) in [5.41, 5.74) is 4.29. The van der Waals surface area contributed by atoms with E-state index in [1.54, 1.807) is 28.9 Å². The number of benzene rings is 2. The van der Waals surface area contributed by atoms with Crippen LogP contribution >= 0.6 is 11.8 Å². The lowest BCUT2D eigenvalue weighted by Crippen LogP contribution is -2.27. The van der Waals surface area contributed by atoms with Crippen LogP contribution in [0, 0.1) is 13.8 Å². The van der Waals surface area contributed by atoms with Gasteiger partial charge in [0.25, 0.3) is 11.1 Å². The second kappa shape index (κ2) is 8.16. The molecule has 8 heteroatoms. The first-order chi connectivity index (χ1) is 14.4.